The highest BCUT2D eigenvalue weighted by Gasteiger charge is 2.58. The van der Waals surface area contributed by atoms with E-state index in [-0.39, 0.29) is 74.4 Å². The van der Waals surface area contributed by atoms with Gasteiger partial charge < -0.3 is 29.5 Å². The van der Waals surface area contributed by atoms with Crippen LogP contribution in [0.1, 0.15) is 84.8 Å². The highest BCUT2D eigenvalue weighted by atomic mass is 32.1. The van der Waals surface area contributed by atoms with E-state index in [1.165, 1.54) is 12.0 Å². The van der Waals surface area contributed by atoms with Gasteiger partial charge in [-0.1, -0.05) is 42.9 Å². The van der Waals surface area contributed by atoms with Crippen molar-refractivity contribution in [3.8, 4) is 10.8 Å². The number of likely N-dealkylation sites (tertiary alicyclic amines) is 2. The Morgan fingerprint density at radius 1 is 0.962 bits per heavy atom. The van der Waals surface area contributed by atoms with Crippen LogP contribution in [0.3, 0.4) is 0 Å². The number of aliphatic carboxylic acids is 1. The molecular weight excluding hydrogens is 732 g/mol. The Kier molecular flexibility index (Phi) is 11.7. The molecule has 2 fully saturated rings. The summed E-state index contributed by atoms with van der Waals surface area (Å²) in [5, 5.41) is 21.3. The number of alkyl halides is 6. The van der Waals surface area contributed by atoms with Crippen molar-refractivity contribution < 1.29 is 60.4 Å². The number of methoxy groups -OCH3 is 1. The molecule has 5 rings (SSSR count). The van der Waals surface area contributed by atoms with Crippen LogP contribution in [0.2, 0.25) is 0 Å². The van der Waals surface area contributed by atoms with Crippen LogP contribution in [-0.2, 0) is 27.5 Å². The van der Waals surface area contributed by atoms with Gasteiger partial charge in [0.1, 0.15) is 16.3 Å². The Hall–Kier alpha value is -4.38. The summed E-state index contributed by atoms with van der Waals surface area (Å²) in [4.78, 5) is 46.3. The molecule has 2 aromatic heterocycles. The number of carboxylic acids is 1. The van der Waals surface area contributed by atoms with Crippen molar-refractivity contribution in [2.75, 3.05) is 20.2 Å². The van der Waals surface area contributed by atoms with Gasteiger partial charge in [0.2, 0.25) is 5.60 Å². The van der Waals surface area contributed by atoms with E-state index in [1.54, 1.807) is 31.2 Å². The third-order valence-corrected chi connectivity index (χ3v) is 10.9. The minimum atomic E-state index is -4.95. The number of halogens is 6. The van der Waals surface area contributed by atoms with Crippen LogP contribution in [0.4, 0.5) is 26.3 Å². The number of benzene rings is 1. The number of carbonyl (C=O) groups excluding carboxylic acids is 2. The largest absolute Gasteiger partial charge is 0.496 e. The Morgan fingerprint density at radius 3 is 2.34 bits per heavy atom. The van der Waals surface area contributed by atoms with Crippen molar-refractivity contribution in [3.05, 3.63) is 76.4 Å². The lowest BCUT2D eigenvalue weighted by molar-refractivity contribution is -0.168. The quantitative estimate of drug-likeness (QED) is 0.197. The number of para-hydroxylation sites is 1. The Labute approximate surface area is 305 Å². The monoisotopic (exact) mass is 771 g/mol. The highest BCUT2D eigenvalue weighted by Crippen LogP contribution is 2.46. The summed E-state index contributed by atoms with van der Waals surface area (Å²) in [6.45, 7) is 1.45. The molecule has 0 spiro atoms. The van der Waals surface area contributed by atoms with Crippen LogP contribution in [-0.4, -0.2) is 80.7 Å². The fourth-order valence-electron chi connectivity index (χ4n) is 7.47. The zero-order chi connectivity index (χ0) is 38.8. The molecule has 53 heavy (non-hydrogen) atoms. The number of amides is 2. The maximum Gasteiger partial charge on any atom is 0.425 e. The minimum Gasteiger partial charge on any atom is -0.496 e. The number of aromatic nitrogens is 1. The molecule has 1 aromatic carbocycles. The van der Waals surface area contributed by atoms with Crippen LogP contribution < -0.4 is 9.47 Å². The van der Waals surface area contributed by atoms with Crippen molar-refractivity contribution >= 4 is 29.1 Å². The first kappa shape index (κ1) is 39.8. The zero-order valence-corrected chi connectivity index (χ0v) is 29.7. The van der Waals surface area contributed by atoms with Crippen LogP contribution in [0.5, 0.6) is 10.8 Å². The summed E-state index contributed by atoms with van der Waals surface area (Å²) in [5.41, 5.74) is -5.49. The molecule has 2 amide bonds. The predicted octanol–water partition coefficient (Wildman–Crippen LogP) is 7.16. The van der Waals surface area contributed by atoms with E-state index in [0.29, 0.717) is 17.4 Å². The van der Waals surface area contributed by atoms with E-state index in [4.69, 9.17) is 9.47 Å². The van der Waals surface area contributed by atoms with Gasteiger partial charge in [0.05, 0.1) is 24.3 Å². The molecule has 17 heteroatoms. The highest BCUT2D eigenvalue weighted by molar-refractivity contribution is 7.13. The lowest BCUT2D eigenvalue weighted by Gasteiger charge is -2.52. The van der Waals surface area contributed by atoms with Gasteiger partial charge >= 0.3 is 18.3 Å². The first-order valence-electron chi connectivity index (χ1n) is 17.0. The second-order valence-electron chi connectivity index (χ2n) is 13.2. The molecule has 288 valence electrons. The molecule has 2 aliphatic rings. The van der Waals surface area contributed by atoms with Gasteiger partial charge in [-0.05, 0) is 56.0 Å². The molecule has 0 bridgehead atoms. The number of carbonyl (C=O) groups is 3. The molecule has 2 unspecified atom stereocenters. The number of nitrogens with zero attached hydrogens (tertiary/aromatic N) is 3. The standard InChI is InChI=1S/C36H39F6N3O7S/c1-3-8-26-34(52-29-15-13-27(53-29)36(40,41)42,16-7-19-45(26)31(48)30-24(35(37,38)39)10-6-18-43-30)32(49)44-20-17-33(50,21-22(44)12-14-28(46)47)23-9-4-5-11-25(23)51-2/h4-6,9-11,13,15,18,22,26,50H,3,7-8,12,14,16-17,19-21H2,1-2H3,(H,46,47)/t22?,26-,33?,34+/m1/s1. The first-order chi connectivity index (χ1) is 24.9. The van der Waals surface area contributed by atoms with Crippen molar-refractivity contribution in [1.82, 2.24) is 14.8 Å². The zero-order valence-electron chi connectivity index (χ0n) is 28.9. The molecule has 0 radical (unpaired) electrons. The van der Waals surface area contributed by atoms with Gasteiger partial charge in [0, 0.05) is 50.2 Å². The SMILES string of the molecule is CCC[C@H]1N(C(=O)c2ncccc2C(F)(F)F)CCC[C@@]1(Oc1ccc(C(F)(F)F)s1)C(=O)N1CCC(O)(c2ccccc2OC)CC1CCC(=O)O. The fourth-order valence-corrected chi connectivity index (χ4v) is 8.27. The molecule has 2 saturated heterocycles. The Balaban J connectivity index is 1.62. The average molecular weight is 772 g/mol. The third kappa shape index (κ3) is 8.25. The van der Waals surface area contributed by atoms with E-state index in [2.05, 4.69) is 4.98 Å². The van der Waals surface area contributed by atoms with Crippen molar-refractivity contribution in [3.63, 3.8) is 0 Å². The van der Waals surface area contributed by atoms with Crippen LogP contribution in [0.15, 0.2) is 54.7 Å². The Morgan fingerprint density at radius 2 is 1.70 bits per heavy atom. The van der Waals surface area contributed by atoms with Crippen molar-refractivity contribution in [2.24, 2.45) is 0 Å². The van der Waals surface area contributed by atoms with Crippen LogP contribution >= 0.6 is 11.3 Å². The number of piperidine rings is 2. The predicted molar refractivity (Wildman–Crippen MR) is 179 cm³/mol. The van der Waals surface area contributed by atoms with Gasteiger partial charge in [0.25, 0.3) is 11.8 Å². The van der Waals surface area contributed by atoms with Gasteiger partial charge in [-0.2, -0.15) is 26.3 Å². The topological polar surface area (TPSA) is 130 Å². The molecule has 3 aromatic rings. The summed E-state index contributed by atoms with van der Waals surface area (Å²) in [6.07, 6.45) is -9.23. The summed E-state index contributed by atoms with van der Waals surface area (Å²) in [5.74, 6) is -2.74. The smallest absolute Gasteiger partial charge is 0.425 e. The lowest BCUT2D eigenvalue weighted by atomic mass is 9.76. The number of rotatable bonds is 11. The lowest BCUT2D eigenvalue weighted by Crippen LogP contribution is -2.69. The number of ether oxygens (including phenoxy) is 2. The maximum absolute atomic E-state index is 15.2. The molecular formula is C36H39F6N3O7S. The van der Waals surface area contributed by atoms with Crippen molar-refractivity contribution in [1.29, 1.82) is 0 Å². The fraction of sp³-hybridized carbons (Fsp3) is 0.500. The summed E-state index contributed by atoms with van der Waals surface area (Å²) in [7, 11) is 1.42. The summed E-state index contributed by atoms with van der Waals surface area (Å²) < 4.78 is 95.2. The minimum absolute atomic E-state index is 0.00194. The van der Waals surface area contributed by atoms with E-state index >= 15 is 4.79 Å². The molecule has 0 aliphatic carbocycles. The number of carboxylic acid groups (broad SMARTS) is 1. The molecule has 2 N–H and O–H groups in total. The number of hydrogen-bond acceptors (Lipinski definition) is 8. The number of pyridine rings is 1. The second kappa shape index (κ2) is 15.5. The van der Waals surface area contributed by atoms with Crippen LogP contribution in [0.25, 0.3) is 0 Å². The molecule has 2 aliphatic heterocycles. The first-order valence-corrected chi connectivity index (χ1v) is 17.8. The number of aliphatic hydroxyl groups is 1. The molecule has 4 heterocycles. The van der Waals surface area contributed by atoms with Crippen LogP contribution in [0, 0.1) is 0 Å². The van der Waals surface area contributed by atoms with E-state index in [9.17, 15) is 46.1 Å². The van der Waals surface area contributed by atoms with E-state index < -0.39 is 76.0 Å². The average Bonchev–Trinajstić information content (AvgIpc) is 3.60. The molecule has 10 nitrogen and oxygen atoms in total. The van der Waals surface area contributed by atoms with Gasteiger partial charge in [-0.15, -0.1) is 0 Å². The Bertz CT molecular complexity index is 1800. The van der Waals surface area contributed by atoms with Crippen molar-refractivity contribution in [2.45, 2.75) is 93.9 Å². The maximum atomic E-state index is 15.2. The third-order valence-electron chi connectivity index (χ3n) is 9.85. The van der Waals surface area contributed by atoms with E-state index in [1.807, 2.05) is 0 Å². The second-order valence-corrected chi connectivity index (χ2v) is 14.2. The van der Waals surface area contributed by atoms with Gasteiger partial charge in [0.15, 0.2) is 5.06 Å². The molecule has 0 saturated carbocycles. The van der Waals surface area contributed by atoms with E-state index in [0.717, 1.165) is 29.3 Å². The van der Waals surface area contributed by atoms with Gasteiger partial charge in [-0.3, -0.25) is 19.4 Å². The normalized spacial score (nSPS) is 23.8. The number of hydrogen-bond donors (Lipinski definition) is 2. The summed E-state index contributed by atoms with van der Waals surface area (Å²) in [6, 6.07) is 8.03. The summed E-state index contributed by atoms with van der Waals surface area (Å²) >= 11 is 0.230. The number of thiophene rings is 1. The van der Waals surface area contributed by atoms with Gasteiger partial charge in [-0.25, -0.2) is 0 Å². The molecule has 4 atom stereocenters.